The van der Waals surface area contributed by atoms with Gasteiger partial charge in [0.05, 0.1) is 6.61 Å². The van der Waals surface area contributed by atoms with Gasteiger partial charge < -0.3 is 24.6 Å². The number of phenols is 1. The summed E-state index contributed by atoms with van der Waals surface area (Å²) in [5.41, 5.74) is 1.76. The minimum atomic E-state index is -0.951. The Morgan fingerprint density at radius 3 is 2.42 bits per heavy atom. The molecule has 0 aliphatic carbocycles. The van der Waals surface area contributed by atoms with Gasteiger partial charge >= 0.3 is 12.1 Å². The third-order valence-corrected chi connectivity index (χ3v) is 4.39. The van der Waals surface area contributed by atoms with Crippen molar-refractivity contribution in [3.63, 3.8) is 0 Å². The van der Waals surface area contributed by atoms with Crippen molar-refractivity contribution in [3.05, 3.63) is 65.2 Å². The Morgan fingerprint density at radius 1 is 1.06 bits per heavy atom. The van der Waals surface area contributed by atoms with Crippen LogP contribution in [0.2, 0.25) is 0 Å². The van der Waals surface area contributed by atoms with Crippen molar-refractivity contribution >= 4 is 12.1 Å². The fraction of sp³-hybridized carbons (Fsp3) is 0.417. The van der Waals surface area contributed by atoms with E-state index in [4.69, 9.17) is 14.2 Å². The average molecular weight is 430 g/mol. The molecule has 7 heteroatoms. The van der Waals surface area contributed by atoms with Gasteiger partial charge in [0.25, 0.3) is 0 Å². The molecule has 2 rings (SSSR count). The van der Waals surface area contributed by atoms with Crippen molar-refractivity contribution in [3.8, 4) is 5.75 Å². The van der Waals surface area contributed by atoms with Gasteiger partial charge in [0.1, 0.15) is 24.0 Å². The van der Waals surface area contributed by atoms with E-state index in [1.807, 2.05) is 30.3 Å². The number of rotatable bonds is 9. The SMILES string of the molecule is COCCc1cc(O)ccc1CC(NC(=O)OCc1ccccc1)C(=O)OC(C)(C)C. The number of alkyl carbamates (subject to hydrolysis) is 1. The topological polar surface area (TPSA) is 94.1 Å². The first-order valence-corrected chi connectivity index (χ1v) is 10.2. The molecule has 0 spiro atoms. The maximum atomic E-state index is 12.8. The molecule has 7 nitrogen and oxygen atoms in total. The van der Waals surface area contributed by atoms with Gasteiger partial charge in [0.15, 0.2) is 0 Å². The zero-order chi connectivity index (χ0) is 22.9. The molecule has 2 N–H and O–H groups in total. The molecule has 1 atom stereocenters. The van der Waals surface area contributed by atoms with Gasteiger partial charge in [-0.1, -0.05) is 36.4 Å². The molecule has 0 fully saturated rings. The van der Waals surface area contributed by atoms with Crippen molar-refractivity contribution < 1.29 is 28.9 Å². The molecule has 0 heterocycles. The van der Waals surface area contributed by atoms with Crippen LogP contribution >= 0.6 is 0 Å². The molecular formula is C24H31NO6. The number of amides is 1. The number of phenolic OH excluding ortho intramolecular Hbond substituents is 1. The smallest absolute Gasteiger partial charge is 0.408 e. The number of esters is 1. The first-order chi connectivity index (χ1) is 14.7. The molecule has 1 amide bonds. The van der Waals surface area contributed by atoms with Crippen molar-refractivity contribution in [2.24, 2.45) is 0 Å². The Bertz CT molecular complexity index is 860. The molecule has 0 saturated heterocycles. The Labute approximate surface area is 183 Å². The maximum Gasteiger partial charge on any atom is 0.408 e. The normalized spacial score (nSPS) is 12.1. The minimum Gasteiger partial charge on any atom is -0.508 e. The Morgan fingerprint density at radius 2 is 1.77 bits per heavy atom. The van der Waals surface area contributed by atoms with E-state index in [2.05, 4.69) is 5.32 Å². The van der Waals surface area contributed by atoms with Crippen LogP contribution in [0.4, 0.5) is 4.79 Å². The highest BCUT2D eigenvalue weighted by molar-refractivity contribution is 5.82. The number of carbonyl (C=O) groups is 2. The molecule has 0 aromatic heterocycles. The largest absolute Gasteiger partial charge is 0.508 e. The van der Waals surface area contributed by atoms with Crippen molar-refractivity contribution in [2.45, 2.75) is 51.9 Å². The summed E-state index contributed by atoms with van der Waals surface area (Å²) in [6, 6.07) is 13.2. The number of benzene rings is 2. The van der Waals surface area contributed by atoms with Crippen LogP contribution in [-0.4, -0.2) is 42.5 Å². The lowest BCUT2D eigenvalue weighted by Crippen LogP contribution is -2.45. The van der Waals surface area contributed by atoms with E-state index in [9.17, 15) is 14.7 Å². The number of aromatic hydroxyl groups is 1. The summed E-state index contributed by atoms with van der Waals surface area (Å²) in [4.78, 5) is 25.2. The van der Waals surface area contributed by atoms with E-state index in [-0.39, 0.29) is 18.8 Å². The molecule has 0 radical (unpaired) electrons. The fourth-order valence-electron chi connectivity index (χ4n) is 2.95. The minimum absolute atomic E-state index is 0.0893. The Kier molecular flexibility index (Phi) is 8.88. The average Bonchev–Trinajstić information content (AvgIpc) is 2.71. The maximum absolute atomic E-state index is 12.8. The summed E-state index contributed by atoms with van der Waals surface area (Å²) >= 11 is 0. The molecule has 0 aliphatic rings. The van der Waals surface area contributed by atoms with Crippen LogP contribution in [0.1, 0.15) is 37.5 Å². The standard InChI is InChI=1S/C24H31NO6/c1-24(2,3)31-22(27)21(25-23(28)30-16-17-8-6-5-7-9-17)15-18-10-11-20(26)14-19(18)12-13-29-4/h5-11,14,21,26H,12-13,15-16H2,1-4H3,(H,25,28). The van der Waals surface area contributed by atoms with Gasteiger partial charge in [-0.3, -0.25) is 0 Å². The number of hydrogen-bond donors (Lipinski definition) is 2. The van der Waals surface area contributed by atoms with E-state index in [1.165, 1.54) is 0 Å². The first-order valence-electron chi connectivity index (χ1n) is 10.2. The molecule has 2 aromatic rings. The highest BCUT2D eigenvalue weighted by Gasteiger charge is 2.28. The number of hydrogen-bond acceptors (Lipinski definition) is 6. The first kappa shape index (κ1) is 24.2. The predicted octanol–water partition coefficient (Wildman–Crippen LogP) is 3.76. The van der Waals surface area contributed by atoms with Crippen LogP contribution < -0.4 is 5.32 Å². The van der Waals surface area contributed by atoms with E-state index in [0.717, 1.165) is 16.7 Å². The third kappa shape index (κ3) is 8.68. The van der Waals surface area contributed by atoms with Crippen molar-refractivity contribution in [2.75, 3.05) is 13.7 Å². The molecule has 0 saturated carbocycles. The second-order valence-corrected chi connectivity index (χ2v) is 8.19. The van der Waals surface area contributed by atoms with E-state index in [1.54, 1.807) is 46.1 Å². The summed E-state index contributed by atoms with van der Waals surface area (Å²) in [6.45, 7) is 5.84. The molecule has 168 valence electrons. The second kappa shape index (κ2) is 11.4. The summed E-state index contributed by atoms with van der Waals surface area (Å²) in [7, 11) is 1.59. The quantitative estimate of drug-likeness (QED) is 0.590. The third-order valence-electron chi connectivity index (χ3n) is 4.39. The van der Waals surface area contributed by atoms with Gasteiger partial charge in [-0.25, -0.2) is 9.59 Å². The predicted molar refractivity (Wildman–Crippen MR) is 117 cm³/mol. The highest BCUT2D eigenvalue weighted by atomic mass is 16.6. The van der Waals surface area contributed by atoms with E-state index in [0.29, 0.717) is 13.0 Å². The molecule has 0 bridgehead atoms. The van der Waals surface area contributed by atoms with Crippen molar-refractivity contribution in [1.82, 2.24) is 5.32 Å². The van der Waals surface area contributed by atoms with Crippen molar-refractivity contribution in [1.29, 1.82) is 0 Å². The number of nitrogens with one attached hydrogen (secondary N) is 1. The monoisotopic (exact) mass is 429 g/mol. The molecule has 2 aromatic carbocycles. The van der Waals surface area contributed by atoms with Crippen LogP contribution in [0.15, 0.2) is 48.5 Å². The molecular weight excluding hydrogens is 398 g/mol. The lowest BCUT2D eigenvalue weighted by molar-refractivity contribution is -0.157. The van der Waals surface area contributed by atoms with Crippen LogP contribution in [0.25, 0.3) is 0 Å². The molecule has 0 aliphatic heterocycles. The van der Waals surface area contributed by atoms with E-state index < -0.39 is 23.7 Å². The second-order valence-electron chi connectivity index (χ2n) is 8.19. The van der Waals surface area contributed by atoms with Crippen LogP contribution in [0, 0.1) is 0 Å². The number of ether oxygens (including phenoxy) is 3. The Balaban J connectivity index is 2.15. The summed E-state index contributed by atoms with van der Waals surface area (Å²) in [5.74, 6) is -0.436. The number of methoxy groups -OCH3 is 1. The van der Waals surface area contributed by atoms with Gasteiger partial charge in [-0.05, 0) is 56.0 Å². The van der Waals surface area contributed by atoms with Gasteiger partial charge in [0, 0.05) is 13.5 Å². The van der Waals surface area contributed by atoms with E-state index >= 15 is 0 Å². The number of carbonyl (C=O) groups excluding carboxylic acids is 2. The van der Waals surface area contributed by atoms with Crippen LogP contribution in [0.5, 0.6) is 5.75 Å². The van der Waals surface area contributed by atoms with Gasteiger partial charge in [-0.15, -0.1) is 0 Å². The molecule has 31 heavy (non-hydrogen) atoms. The lowest BCUT2D eigenvalue weighted by Gasteiger charge is -2.25. The zero-order valence-electron chi connectivity index (χ0n) is 18.5. The summed E-state index contributed by atoms with van der Waals surface area (Å²) < 4.78 is 15.9. The van der Waals surface area contributed by atoms with Gasteiger partial charge in [-0.2, -0.15) is 0 Å². The van der Waals surface area contributed by atoms with Gasteiger partial charge in [0.2, 0.25) is 0 Å². The highest BCUT2D eigenvalue weighted by Crippen LogP contribution is 2.20. The van der Waals surface area contributed by atoms with Crippen LogP contribution in [0.3, 0.4) is 0 Å². The summed E-state index contributed by atoms with van der Waals surface area (Å²) in [5, 5.41) is 12.5. The van der Waals surface area contributed by atoms with Crippen LogP contribution in [-0.2, 0) is 38.5 Å². The summed E-state index contributed by atoms with van der Waals surface area (Å²) in [6.07, 6.45) is 0.0333. The lowest BCUT2D eigenvalue weighted by atomic mass is 9.97. The zero-order valence-corrected chi connectivity index (χ0v) is 18.5. The fourth-order valence-corrected chi connectivity index (χ4v) is 2.95. The Hall–Kier alpha value is -3.06. The molecule has 1 unspecified atom stereocenters.